The molecule has 2 aromatic carbocycles. The summed E-state index contributed by atoms with van der Waals surface area (Å²) in [5.74, 6) is -0.102. The number of carbonyl (C=O) groups is 1. The van der Waals surface area contributed by atoms with Crippen LogP contribution in [0.4, 0.5) is 11.4 Å². The van der Waals surface area contributed by atoms with Gasteiger partial charge in [-0.25, -0.2) is 9.67 Å². The van der Waals surface area contributed by atoms with E-state index >= 15 is 0 Å². The number of aryl methyl sites for hydroxylation is 1. The Labute approximate surface area is 191 Å². The molecule has 0 radical (unpaired) electrons. The van der Waals surface area contributed by atoms with E-state index in [4.69, 9.17) is 16.3 Å². The summed E-state index contributed by atoms with van der Waals surface area (Å²) in [4.78, 5) is 40.5. The van der Waals surface area contributed by atoms with Crippen molar-refractivity contribution in [1.82, 2.24) is 19.3 Å². The molecule has 12 heteroatoms. The lowest BCUT2D eigenvalue weighted by molar-refractivity contribution is -0.384. The number of hydrogen-bond acceptors (Lipinski definition) is 7. The third kappa shape index (κ3) is 4.13. The molecule has 0 unspecified atom stereocenters. The van der Waals surface area contributed by atoms with Crippen LogP contribution in [0.15, 0.2) is 53.7 Å². The molecule has 0 aliphatic rings. The van der Waals surface area contributed by atoms with Crippen molar-refractivity contribution >= 4 is 39.9 Å². The Hall–Kier alpha value is -4.25. The number of halogens is 1. The summed E-state index contributed by atoms with van der Waals surface area (Å²) in [6.45, 7) is 1.47. The monoisotopic (exact) mass is 468 g/mol. The molecule has 4 rings (SSSR count). The molecule has 1 N–H and O–H groups in total. The summed E-state index contributed by atoms with van der Waals surface area (Å²) in [7, 11) is 1.45. The fourth-order valence-electron chi connectivity index (χ4n) is 3.31. The minimum Gasteiger partial charge on any atom is -0.495 e. The number of nitrogens with one attached hydrogen (secondary N) is 1. The molecule has 0 fully saturated rings. The normalized spacial score (nSPS) is 10.9. The van der Waals surface area contributed by atoms with Gasteiger partial charge in [0.2, 0.25) is 5.91 Å². The van der Waals surface area contributed by atoms with E-state index in [0.717, 1.165) is 10.1 Å². The van der Waals surface area contributed by atoms with Crippen LogP contribution < -0.4 is 15.6 Å². The van der Waals surface area contributed by atoms with Crippen LogP contribution in [-0.4, -0.2) is 37.3 Å². The Kier molecular flexibility index (Phi) is 5.80. The summed E-state index contributed by atoms with van der Waals surface area (Å²) in [6.07, 6.45) is 2.46. The van der Waals surface area contributed by atoms with Crippen LogP contribution in [0.1, 0.15) is 5.56 Å². The van der Waals surface area contributed by atoms with E-state index in [9.17, 15) is 19.7 Å². The highest BCUT2D eigenvalue weighted by Gasteiger charge is 2.20. The highest BCUT2D eigenvalue weighted by atomic mass is 35.5. The molecular weight excluding hydrogens is 452 g/mol. The quantitative estimate of drug-likeness (QED) is 0.339. The molecule has 4 aromatic rings. The van der Waals surface area contributed by atoms with Gasteiger partial charge in [0.05, 0.1) is 23.9 Å². The van der Waals surface area contributed by atoms with Crippen LogP contribution >= 0.6 is 11.6 Å². The topological polar surface area (TPSA) is 134 Å². The molecule has 168 valence electrons. The Morgan fingerprint density at radius 3 is 2.79 bits per heavy atom. The average molecular weight is 469 g/mol. The van der Waals surface area contributed by atoms with E-state index in [2.05, 4.69) is 15.4 Å². The first-order chi connectivity index (χ1) is 15.8. The van der Waals surface area contributed by atoms with Crippen LogP contribution in [0.2, 0.25) is 5.02 Å². The van der Waals surface area contributed by atoms with E-state index in [0.29, 0.717) is 16.5 Å². The molecule has 33 heavy (non-hydrogen) atoms. The molecule has 2 aromatic heterocycles. The first-order valence-corrected chi connectivity index (χ1v) is 9.99. The molecule has 0 saturated carbocycles. The molecule has 0 bridgehead atoms. The van der Waals surface area contributed by atoms with Crippen LogP contribution in [-0.2, 0) is 11.3 Å². The Morgan fingerprint density at radius 1 is 1.30 bits per heavy atom. The van der Waals surface area contributed by atoms with Crippen molar-refractivity contribution in [3.05, 3.63) is 80.0 Å². The van der Waals surface area contributed by atoms with Crippen LogP contribution in [0.5, 0.6) is 5.75 Å². The van der Waals surface area contributed by atoms with Crippen molar-refractivity contribution in [3.8, 4) is 11.4 Å². The fraction of sp³-hybridized carbons (Fsp3) is 0.143. The second-order valence-electron chi connectivity index (χ2n) is 7.07. The molecule has 0 atom stereocenters. The third-order valence-corrected chi connectivity index (χ3v) is 5.34. The largest absolute Gasteiger partial charge is 0.495 e. The molecule has 0 aliphatic heterocycles. The Morgan fingerprint density at radius 2 is 2.06 bits per heavy atom. The number of amides is 1. The van der Waals surface area contributed by atoms with Crippen molar-refractivity contribution in [2.75, 3.05) is 12.4 Å². The minimum absolute atomic E-state index is 0.114. The lowest BCUT2D eigenvalue weighted by Gasteiger charge is -2.13. The van der Waals surface area contributed by atoms with Crippen molar-refractivity contribution in [1.29, 1.82) is 0 Å². The van der Waals surface area contributed by atoms with Crippen molar-refractivity contribution < 1.29 is 14.5 Å². The molecule has 11 nitrogen and oxygen atoms in total. The van der Waals surface area contributed by atoms with Gasteiger partial charge in [0.15, 0.2) is 5.65 Å². The van der Waals surface area contributed by atoms with Crippen LogP contribution in [0.25, 0.3) is 16.7 Å². The van der Waals surface area contributed by atoms with E-state index in [1.807, 2.05) is 0 Å². The number of aromatic nitrogens is 4. The molecule has 0 spiro atoms. The van der Waals surface area contributed by atoms with Gasteiger partial charge >= 0.3 is 0 Å². The van der Waals surface area contributed by atoms with E-state index < -0.39 is 16.4 Å². The molecule has 0 aliphatic carbocycles. The van der Waals surface area contributed by atoms with Gasteiger partial charge in [-0.15, -0.1) is 0 Å². The van der Waals surface area contributed by atoms with Crippen molar-refractivity contribution in [2.24, 2.45) is 0 Å². The fourth-order valence-corrected chi connectivity index (χ4v) is 3.46. The number of methoxy groups -OCH3 is 1. The average Bonchev–Trinajstić information content (AvgIpc) is 3.22. The zero-order chi connectivity index (χ0) is 23.7. The van der Waals surface area contributed by atoms with Gasteiger partial charge in [-0.2, -0.15) is 5.10 Å². The number of nitro groups is 1. The SMILES string of the molecule is COc1cc(Cl)c(C)cc1NC(=O)Cn1cnc2c(cnn2-c2ccccc2[N+](=O)[O-])c1=O. The summed E-state index contributed by atoms with van der Waals surface area (Å²) in [6, 6.07) is 9.25. The predicted molar refractivity (Wildman–Crippen MR) is 121 cm³/mol. The zero-order valence-electron chi connectivity index (χ0n) is 17.5. The second kappa shape index (κ2) is 8.71. The lowest BCUT2D eigenvalue weighted by atomic mass is 10.2. The highest BCUT2D eigenvalue weighted by Crippen LogP contribution is 2.31. The van der Waals surface area contributed by atoms with Gasteiger partial charge in [0.1, 0.15) is 29.7 Å². The number of fused-ring (bicyclic) bond motifs is 1. The Balaban J connectivity index is 1.64. The smallest absolute Gasteiger partial charge is 0.294 e. The Bertz CT molecular complexity index is 1460. The maximum Gasteiger partial charge on any atom is 0.294 e. The van der Waals surface area contributed by atoms with Crippen molar-refractivity contribution in [2.45, 2.75) is 13.5 Å². The summed E-state index contributed by atoms with van der Waals surface area (Å²) in [5, 5.41) is 18.8. The second-order valence-corrected chi connectivity index (χ2v) is 7.47. The molecular formula is C21H17ClN6O5. The summed E-state index contributed by atoms with van der Waals surface area (Å²) < 4.78 is 7.59. The number of nitro benzene ring substituents is 1. The first kappa shape index (κ1) is 22.0. The minimum atomic E-state index is -0.541. The van der Waals surface area contributed by atoms with Crippen LogP contribution in [0.3, 0.4) is 0 Å². The number of ether oxygens (including phenoxy) is 1. The zero-order valence-corrected chi connectivity index (χ0v) is 18.2. The number of anilines is 1. The number of rotatable bonds is 6. The van der Waals surface area contributed by atoms with E-state index in [1.54, 1.807) is 25.1 Å². The van der Waals surface area contributed by atoms with Gasteiger partial charge < -0.3 is 10.1 Å². The van der Waals surface area contributed by atoms with Crippen molar-refractivity contribution in [3.63, 3.8) is 0 Å². The lowest BCUT2D eigenvalue weighted by Crippen LogP contribution is -2.28. The van der Waals surface area contributed by atoms with Gasteiger partial charge in [0, 0.05) is 17.2 Å². The van der Waals surface area contributed by atoms with Gasteiger partial charge in [-0.3, -0.25) is 24.3 Å². The summed E-state index contributed by atoms with van der Waals surface area (Å²) >= 11 is 6.09. The predicted octanol–water partition coefficient (Wildman–Crippen LogP) is 3.10. The van der Waals surface area contributed by atoms with E-state index in [1.165, 1.54) is 42.5 Å². The number of hydrogen-bond donors (Lipinski definition) is 1. The standard InChI is InChI=1S/C21H17ClN6O5/c1-12-7-15(18(33-2)8-14(12)22)25-19(29)10-26-11-23-20-13(21(26)30)9-24-27(20)16-5-3-4-6-17(16)28(31)32/h3-9,11H,10H2,1-2H3,(H,25,29). The number of carbonyl (C=O) groups excluding carboxylic acids is 1. The number of nitrogens with zero attached hydrogens (tertiary/aromatic N) is 5. The molecule has 2 heterocycles. The van der Waals surface area contributed by atoms with E-state index in [-0.39, 0.29) is 29.0 Å². The molecule has 1 amide bonds. The highest BCUT2D eigenvalue weighted by molar-refractivity contribution is 6.31. The van der Waals surface area contributed by atoms with Crippen LogP contribution in [0, 0.1) is 17.0 Å². The van der Waals surface area contributed by atoms with Gasteiger partial charge in [-0.1, -0.05) is 23.7 Å². The van der Waals surface area contributed by atoms with Gasteiger partial charge in [-0.05, 0) is 24.6 Å². The maximum absolute atomic E-state index is 12.9. The number of benzene rings is 2. The first-order valence-electron chi connectivity index (χ1n) is 9.61. The third-order valence-electron chi connectivity index (χ3n) is 4.93. The number of para-hydroxylation sites is 2. The molecule has 0 saturated heterocycles. The van der Waals surface area contributed by atoms with Gasteiger partial charge in [0.25, 0.3) is 11.2 Å². The maximum atomic E-state index is 12.9. The summed E-state index contributed by atoms with van der Waals surface area (Å²) in [5.41, 5.74) is 0.775.